The molecule has 29 heavy (non-hydrogen) atoms. The van der Waals surface area contributed by atoms with Gasteiger partial charge in [-0.3, -0.25) is 9.40 Å². The van der Waals surface area contributed by atoms with E-state index in [1.165, 1.54) is 19.4 Å². The number of hydrogen-bond donors (Lipinski definition) is 1. The number of sulfonamides is 1. The summed E-state index contributed by atoms with van der Waals surface area (Å²) in [6.07, 6.45) is 5.82. The van der Waals surface area contributed by atoms with Gasteiger partial charge in [-0.25, -0.2) is 13.4 Å². The third-order valence-corrected chi connectivity index (χ3v) is 6.08. The Bertz CT molecular complexity index is 1310. The molecule has 0 aliphatic rings. The first-order chi connectivity index (χ1) is 13.8. The van der Waals surface area contributed by atoms with Gasteiger partial charge in [-0.15, -0.1) is 0 Å². The zero-order valence-corrected chi connectivity index (χ0v) is 17.1. The summed E-state index contributed by atoms with van der Waals surface area (Å²) < 4.78 is 37.2. The average Bonchev–Trinajstić information content (AvgIpc) is 3.25. The molecule has 0 aliphatic heterocycles. The number of nitrogens with one attached hydrogen (secondary N) is 1. The molecule has 0 atom stereocenters. The molecule has 0 bridgehead atoms. The standard InChI is InChI=1S/C19H19N6O3S/c1-12-9-22-25(13(12)2)17-8-6-15(11-20-17)29(26,27)23-18-16(28-4)7-5-14-10-21-24(3)19(14)18/h5-8,10-11,23H,1-4H3/q+1. The van der Waals surface area contributed by atoms with Crippen LogP contribution in [0.15, 0.2) is 41.6 Å². The van der Waals surface area contributed by atoms with Crippen molar-refractivity contribution < 1.29 is 18.3 Å². The van der Waals surface area contributed by atoms with E-state index in [1.54, 1.807) is 34.7 Å². The van der Waals surface area contributed by atoms with Gasteiger partial charge < -0.3 is 4.74 Å². The van der Waals surface area contributed by atoms with Crippen molar-refractivity contribution >= 4 is 26.6 Å². The highest BCUT2D eigenvalue weighted by molar-refractivity contribution is 7.92. The maximum Gasteiger partial charge on any atom is 0.355 e. The van der Waals surface area contributed by atoms with E-state index in [0.29, 0.717) is 22.8 Å². The predicted octanol–water partition coefficient (Wildman–Crippen LogP) is 1.59. The normalized spacial score (nSPS) is 11.4. The number of fused-ring (bicyclic) bond motifs is 1. The van der Waals surface area contributed by atoms with E-state index in [4.69, 9.17) is 4.74 Å². The van der Waals surface area contributed by atoms with E-state index < -0.39 is 10.0 Å². The van der Waals surface area contributed by atoms with Gasteiger partial charge in [-0.2, -0.15) is 5.10 Å². The van der Waals surface area contributed by atoms with Crippen LogP contribution in [0.5, 0.6) is 5.75 Å². The van der Waals surface area contributed by atoms with Crippen molar-refractivity contribution in [3.8, 4) is 11.6 Å². The lowest BCUT2D eigenvalue weighted by Gasteiger charge is -2.13. The average molecular weight is 411 g/mol. The number of methoxy groups -OCH3 is 1. The van der Waals surface area contributed by atoms with Gasteiger partial charge in [0, 0.05) is 17.1 Å². The van der Waals surface area contributed by atoms with Crippen molar-refractivity contribution in [2.45, 2.75) is 18.7 Å². The molecule has 0 unspecified atom stereocenters. The number of benzene rings is 1. The van der Waals surface area contributed by atoms with E-state index >= 15 is 0 Å². The van der Waals surface area contributed by atoms with Crippen LogP contribution < -0.4 is 14.6 Å². The van der Waals surface area contributed by atoms with Crippen LogP contribution >= 0.6 is 0 Å². The third kappa shape index (κ3) is 3.15. The van der Waals surface area contributed by atoms with Crippen molar-refractivity contribution in [1.82, 2.24) is 19.4 Å². The van der Waals surface area contributed by atoms with Crippen LogP contribution in [0.25, 0.3) is 16.7 Å². The summed E-state index contributed by atoms with van der Waals surface area (Å²) in [5.74, 6) is 0.907. The highest BCUT2D eigenvalue weighted by atomic mass is 32.2. The van der Waals surface area contributed by atoms with Gasteiger partial charge in [0.25, 0.3) is 10.0 Å². The molecule has 1 N–H and O–H groups in total. The maximum absolute atomic E-state index is 13.0. The number of rotatable bonds is 5. The van der Waals surface area contributed by atoms with E-state index in [-0.39, 0.29) is 4.90 Å². The molecule has 0 amide bonds. The molecule has 0 fully saturated rings. The summed E-state index contributed by atoms with van der Waals surface area (Å²) in [6, 6.07) is 6.60. The molecule has 1 aromatic carbocycles. The molecule has 0 radical (unpaired) electrons. The van der Waals surface area contributed by atoms with Gasteiger partial charge in [0.2, 0.25) is 5.82 Å². The predicted molar refractivity (Wildman–Crippen MR) is 106 cm³/mol. The van der Waals surface area contributed by atoms with E-state index in [2.05, 4.69) is 26.1 Å². The minimum absolute atomic E-state index is 0.0213. The number of aryl methyl sites for hydroxylation is 1. The molecule has 4 rings (SSSR count). The zero-order valence-electron chi connectivity index (χ0n) is 16.3. The fourth-order valence-corrected chi connectivity index (χ4v) is 4.05. The Labute approximate surface area is 168 Å². The molecule has 148 valence electrons. The van der Waals surface area contributed by atoms with Gasteiger partial charge in [-0.1, -0.05) is 0 Å². The van der Waals surface area contributed by atoms with Gasteiger partial charge in [0.15, 0.2) is 0 Å². The molecule has 0 spiro atoms. The summed E-state index contributed by atoms with van der Waals surface area (Å²) in [5, 5.41) is 9.13. The van der Waals surface area contributed by atoms with Crippen LogP contribution in [0.3, 0.4) is 0 Å². The highest BCUT2D eigenvalue weighted by Crippen LogP contribution is 2.34. The molecule has 4 aromatic rings. The monoisotopic (exact) mass is 411 g/mol. The number of aromatic nitrogens is 5. The second-order valence-corrected chi connectivity index (χ2v) is 8.22. The lowest BCUT2D eigenvalue weighted by atomic mass is 10.2. The van der Waals surface area contributed by atoms with E-state index in [0.717, 1.165) is 16.6 Å². The Morgan fingerprint density at radius 1 is 1.17 bits per heavy atom. The summed E-state index contributed by atoms with van der Waals surface area (Å²) in [6.45, 7) is 3.79. The molecule has 3 heterocycles. The van der Waals surface area contributed by atoms with E-state index in [9.17, 15) is 8.42 Å². The lowest BCUT2D eigenvalue weighted by molar-refractivity contribution is -0.401. The van der Waals surface area contributed by atoms with Crippen molar-refractivity contribution in [3.05, 3.63) is 54.1 Å². The minimum Gasteiger partial charge on any atom is -0.494 e. The van der Waals surface area contributed by atoms with Gasteiger partial charge in [-0.05, 0) is 38.1 Å². The van der Waals surface area contributed by atoms with Gasteiger partial charge in [0.1, 0.15) is 32.7 Å². The smallest absolute Gasteiger partial charge is 0.355 e. The lowest BCUT2D eigenvalue weighted by Crippen LogP contribution is -2.17. The Morgan fingerprint density at radius 2 is 1.97 bits per heavy atom. The second kappa shape index (κ2) is 6.79. The Kier molecular flexibility index (Phi) is 4.39. The first kappa shape index (κ1) is 18.8. The molecular formula is C19H19N6O3S+. The number of ether oxygens (including phenoxy) is 1. The fourth-order valence-electron chi connectivity index (χ4n) is 3.03. The van der Waals surface area contributed by atoms with Crippen molar-refractivity contribution in [1.29, 1.82) is 0 Å². The molecule has 9 nitrogen and oxygen atoms in total. The van der Waals surface area contributed by atoms with Crippen molar-refractivity contribution in [2.75, 3.05) is 11.8 Å². The molecule has 3 aromatic heterocycles. The van der Waals surface area contributed by atoms with Crippen LogP contribution in [-0.4, -0.2) is 35.0 Å². The van der Waals surface area contributed by atoms with E-state index in [1.807, 2.05) is 19.9 Å². The molecule has 0 aliphatic carbocycles. The Balaban J connectivity index is 1.72. The molecule has 0 saturated heterocycles. The molecular weight excluding hydrogens is 392 g/mol. The number of anilines is 1. The quantitative estimate of drug-likeness (QED) is 0.535. The summed E-state index contributed by atoms with van der Waals surface area (Å²) in [7, 11) is -0.686. The summed E-state index contributed by atoms with van der Waals surface area (Å²) >= 11 is 0. The first-order valence-corrected chi connectivity index (χ1v) is 10.2. The van der Waals surface area contributed by atoms with Crippen LogP contribution in [0.4, 0.5) is 5.69 Å². The third-order valence-electron chi connectivity index (χ3n) is 4.75. The van der Waals surface area contributed by atoms with Crippen molar-refractivity contribution in [2.24, 2.45) is 7.05 Å². The SMILES string of the molecule is COc1ccc2cnn(C)c2c1NS(=O)(=O)c1ccc(-n2[n+]#cc(C)c2C)nc1. The first-order valence-electron chi connectivity index (χ1n) is 8.73. The number of pyridine rings is 1. The van der Waals surface area contributed by atoms with Gasteiger partial charge >= 0.3 is 6.20 Å². The van der Waals surface area contributed by atoms with Crippen LogP contribution in [-0.2, 0) is 17.1 Å². The number of hydrogen-bond acceptors (Lipinski definition) is 5. The Morgan fingerprint density at radius 3 is 2.59 bits per heavy atom. The van der Waals surface area contributed by atoms with Crippen LogP contribution in [0, 0.1) is 20.0 Å². The Hall–Kier alpha value is -3.58. The maximum atomic E-state index is 13.0. The highest BCUT2D eigenvalue weighted by Gasteiger charge is 2.22. The van der Waals surface area contributed by atoms with Crippen molar-refractivity contribution in [3.63, 3.8) is 0 Å². The minimum atomic E-state index is -3.91. The topological polar surface area (TPSA) is 105 Å². The zero-order chi connectivity index (χ0) is 20.8. The molecule has 0 saturated carbocycles. The second-order valence-electron chi connectivity index (χ2n) is 6.54. The van der Waals surface area contributed by atoms with Crippen LogP contribution in [0.2, 0.25) is 0 Å². The molecule has 10 heteroatoms. The fraction of sp³-hybridized carbons (Fsp3) is 0.211. The summed E-state index contributed by atoms with van der Waals surface area (Å²) in [4.78, 5) is 4.28. The summed E-state index contributed by atoms with van der Waals surface area (Å²) in [5.41, 5.74) is 2.73. The largest absolute Gasteiger partial charge is 0.494 e. The van der Waals surface area contributed by atoms with Gasteiger partial charge in [0.05, 0.1) is 25.0 Å². The number of nitrogens with zero attached hydrogens (tertiary/aromatic N) is 5. The van der Waals surface area contributed by atoms with Crippen LogP contribution in [0.1, 0.15) is 11.3 Å².